The van der Waals surface area contributed by atoms with Crippen molar-refractivity contribution in [3.05, 3.63) is 0 Å². The summed E-state index contributed by atoms with van der Waals surface area (Å²) < 4.78 is 0. The first kappa shape index (κ1) is 15.2. The number of rotatable bonds is 5. The molecule has 0 bridgehead atoms. The maximum atomic E-state index is 11.8. The van der Waals surface area contributed by atoms with Crippen LogP contribution in [0.25, 0.3) is 0 Å². The number of amidine groups is 1. The molecule has 2 amide bonds. The van der Waals surface area contributed by atoms with Gasteiger partial charge in [0, 0.05) is 6.54 Å². The third-order valence-electron chi connectivity index (χ3n) is 2.67. The first-order valence-corrected chi connectivity index (χ1v) is 5.12. The minimum atomic E-state index is -1.15. The van der Waals surface area contributed by atoms with Crippen LogP contribution in [0, 0.1) is 10.8 Å². The van der Waals surface area contributed by atoms with Crippen LogP contribution in [-0.2, 0) is 9.59 Å². The van der Waals surface area contributed by atoms with Crippen LogP contribution in [0.4, 0.5) is 0 Å². The molecule has 17 heavy (non-hydrogen) atoms. The molecular weight excluding hydrogens is 224 g/mol. The number of oxime groups is 1. The average Bonchev–Trinajstić information content (AvgIpc) is 2.24. The van der Waals surface area contributed by atoms with E-state index in [9.17, 15) is 9.59 Å². The van der Waals surface area contributed by atoms with E-state index in [4.69, 9.17) is 16.7 Å². The van der Waals surface area contributed by atoms with Gasteiger partial charge in [-0.3, -0.25) is 9.59 Å². The molecule has 0 saturated carbocycles. The van der Waals surface area contributed by atoms with Gasteiger partial charge >= 0.3 is 0 Å². The van der Waals surface area contributed by atoms with E-state index in [1.54, 1.807) is 13.8 Å². The van der Waals surface area contributed by atoms with Crippen LogP contribution >= 0.6 is 0 Å². The summed E-state index contributed by atoms with van der Waals surface area (Å²) in [5.74, 6) is -1.16. The molecule has 98 valence electrons. The molecule has 0 fully saturated rings. The first-order valence-electron chi connectivity index (χ1n) is 5.12. The molecule has 6 N–H and O–H groups in total. The summed E-state index contributed by atoms with van der Waals surface area (Å²) in [5, 5.41) is 13.9. The van der Waals surface area contributed by atoms with E-state index in [-0.39, 0.29) is 12.4 Å². The van der Waals surface area contributed by atoms with Crippen LogP contribution in [-0.4, -0.2) is 29.4 Å². The van der Waals surface area contributed by atoms with Gasteiger partial charge in [0.25, 0.3) is 0 Å². The number of nitrogens with two attached hydrogens (primary N) is 2. The highest BCUT2D eigenvalue weighted by molar-refractivity contribution is 6.06. The molecule has 0 spiro atoms. The summed E-state index contributed by atoms with van der Waals surface area (Å²) in [6.45, 7) is 6.34. The molecule has 0 aromatic heterocycles. The number of carbonyl (C=O) groups is 2. The Morgan fingerprint density at radius 3 is 2.06 bits per heavy atom. The Kier molecular flexibility index (Phi) is 4.50. The highest BCUT2D eigenvalue weighted by atomic mass is 16.4. The molecule has 7 heteroatoms. The molecule has 0 aliphatic carbocycles. The molecule has 0 aromatic carbocycles. The minimum Gasteiger partial charge on any atom is -0.409 e. The summed E-state index contributed by atoms with van der Waals surface area (Å²) in [7, 11) is 0. The second kappa shape index (κ2) is 5.03. The van der Waals surface area contributed by atoms with Crippen molar-refractivity contribution in [2.75, 3.05) is 6.54 Å². The fraction of sp³-hybridized carbons (Fsp3) is 0.700. The van der Waals surface area contributed by atoms with E-state index in [0.29, 0.717) is 0 Å². The van der Waals surface area contributed by atoms with E-state index < -0.39 is 22.6 Å². The molecule has 0 radical (unpaired) electrons. The molecule has 0 atom stereocenters. The summed E-state index contributed by atoms with van der Waals surface area (Å²) >= 11 is 0. The monoisotopic (exact) mass is 244 g/mol. The Morgan fingerprint density at radius 1 is 1.24 bits per heavy atom. The lowest BCUT2D eigenvalue weighted by Gasteiger charge is -2.26. The molecule has 0 aliphatic heterocycles. The van der Waals surface area contributed by atoms with Crippen LogP contribution < -0.4 is 16.8 Å². The van der Waals surface area contributed by atoms with Gasteiger partial charge in [-0.1, -0.05) is 5.16 Å². The molecule has 0 heterocycles. The van der Waals surface area contributed by atoms with Crippen molar-refractivity contribution < 1.29 is 14.8 Å². The highest BCUT2D eigenvalue weighted by Gasteiger charge is 2.34. The van der Waals surface area contributed by atoms with Crippen molar-refractivity contribution in [2.45, 2.75) is 27.7 Å². The average molecular weight is 244 g/mol. The zero-order chi connectivity index (χ0) is 13.9. The molecule has 0 saturated heterocycles. The van der Waals surface area contributed by atoms with Crippen LogP contribution in [0.15, 0.2) is 5.16 Å². The molecule has 0 aliphatic rings. The Labute approximate surface area is 100 Å². The van der Waals surface area contributed by atoms with Crippen LogP contribution in [0.1, 0.15) is 27.7 Å². The van der Waals surface area contributed by atoms with Crippen LogP contribution in [0.3, 0.4) is 0 Å². The number of primary amides is 1. The lowest BCUT2D eigenvalue weighted by molar-refractivity contribution is -0.129. The summed E-state index contributed by atoms with van der Waals surface area (Å²) in [5.41, 5.74) is 8.57. The van der Waals surface area contributed by atoms with Gasteiger partial charge in [-0.15, -0.1) is 0 Å². The van der Waals surface area contributed by atoms with Gasteiger partial charge in [0.15, 0.2) is 5.84 Å². The number of carbonyl (C=O) groups excluding carboxylic acids is 2. The number of nitrogens with one attached hydrogen (secondary N) is 1. The molecule has 7 nitrogen and oxygen atoms in total. The summed E-state index contributed by atoms with van der Waals surface area (Å²) in [4.78, 5) is 22.9. The quantitative estimate of drug-likeness (QED) is 0.222. The lowest BCUT2D eigenvalue weighted by Crippen LogP contribution is -2.50. The predicted molar refractivity (Wildman–Crippen MR) is 63.2 cm³/mol. The van der Waals surface area contributed by atoms with Gasteiger partial charge < -0.3 is 22.0 Å². The summed E-state index contributed by atoms with van der Waals surface area (Å²) in [6.07, 6.45) is 0. The van der Waals surface area contributed by atoms with E-state index in [0.717, 1.165) is 0 Å². The first-order chi connectivity index (χ1) is 7.55. The highest BCUT2D eigenvalue weighted by Crippen LogP contribution is 2.17. The van der Waals surface area contributed by atoms with Crippen molar-refractivity contribution in [1.82, 2.24) is 5.32 Å². The maximum absolute atomic E-state index is 11.8. The molecule has 0 aromatic rings. The van der Waals surface area contributed by atoms with Gasteiger partial charge in [-0.25, -0.2) is 0 Å². The van der Waals surface area contributed by atoms with Crippen LogP contribution in [0.2, 0.25) is 0 Å². The Hall–Kier alpha value is -1.79. The second-order valence-corrected chi connectivity index (χ2v) is 5.04. The van der Waals surface area contributed by atoms with Crippen molar-refractivity contribution in [1.29, 1.82) is 0 Å². The Morgan fingerprint density at radius 2 is 1.71 bits per heavy atom. The third kappa shape index (κ3) is 3.61. The second-order valence-electron chi connectivity index (χ2n) is 5.04. The fourth-order valence-electron chi connectivity index (χ4n) is 0.851. The maximum Gasteiger partial charge on any atom is 0.233 e. The van der Waals surface area contributed by atoms with Gasteiger partial charge in [-0.2, -0.15) is 0 Å². The van der Waals surface area contributed by atoms with Crippen molar-refractivity contribution in [3.8, 4) is 0 Å². The van der Waals surface area contributed by atoms with Gasteiger partial charge in [-0.05, 0) is 27.7 Å². The third-order valence-corrected chi connectivity index (χ3v) is 2.67. The molecule has 0 rings (SSSR count). The number of hydrogen-bond acceptors (Lipinski definition) is 4. The number of hydrogen-bond donors (Lipinski definition) is 4. The largest absolute Gasteiger partial charge is 0.409 e. The van der Waals surface area contributed by atoms with E-state index in [2.05, 4.69) is 10.5 Å². The van der Waals surface area contributed by atoms with Gasteiger partial charge in [0.2, 0.25) is 11.8 Å². The van der Waals surface area contributed by atoms with Crippen molar-refractivity contribution in [3.63, 3.8) is 0 Å². The number of amides is 2. The summed E-state index contributed by atoms with van der Waals surface area (Å²) in [6, 6.07) is 0. The van der Waals surface area contributed by atoms with E-state index in [1.165, 1.54) is 13.8 Å². The molecular formula is C10H20N4O3. The normalized spacial score (nSPS) is 13.3. The fourth-order valence-corrected chi connectivity index (χ4v) is 0.851. The minimum absolute atomic E-state index is 0.0866. The standard InChI is InChI=1S/C10H20N4O3/c1-9(2,7(12)15)5-13-8(16)10(3,4)6(11)14-17/h17H,5H2,1-4H3,(H2,11,14)(H2,12,15)(H,13,16). The zero-order valence-electron chi connectivity index (χ0n) is 10.6. The topological polar surface area (TPSA) is 131 Å². The molecule has 0 unspecified atom stereocenters. The SMILES string of the molecule is CC(C)(CNC(=O)C(C)(C)C(N)=NO)C(N)=O. The van der Waals surface area contributed by atoms with Crippen molar-refractivity contribution >= 4 is 17.6 Å². The lowest BCUT2D eigenvalue weighted by atomic mass is 9.88. The Bertz CT molecular complexity index is 347. The van der Waals surface area contributed by atoms with E-state index >= 15 is 0 Å². The number of nitrogens with zero attached hydrogens (tertiary/aromatic N) is 1. The van der Waals surface area contributed by atoms with Crippen molar-refractivity contribution in [2.24, 2.45) is 27.5 Å². The van der Waals surface area contributed by atoms with Gasteiger partial charge in [0.05, 0.1) is 5.41 Å². The van der Waals surface area contributed by atoms with Crippen LogP contribution in [0.5, 0.6) is 0 Å². The van der Waals surface area contributed by atoms with Gasteiger partial charge in [0.1, 0.15) is 5.41 Å². The zero-order valence-corrected chi connectivity index (χ0v) is 10.6. The predicted octanol–water partition coefficient (Wildman–Crippen LogP) is -0.613. The van der Waals surface area contributed by atoms with E-state index in [1.807, 2.05) is 0 Å². The smallest absolute Gasteiger partial charge is 0.233 e. The Balaban J connectivity index is 4.64.